The molecule has 6 aromatic rings. The van der Waals surface area contributed by atoms with Gasteiger partial charge in [0.25, 0.3) is 0 Å². The maximum absolute atomic E-state index is 3.38. The number of aryl methyl sites for hydroxylation is 2. The maximum atomic E-state index is 3.38. The zero-order valence-electron chi connectivity index (χ0n) is 30.0. The first-order chi connectivity index (χ1) is 23.1. The fraction of sp³-hybridized carbons (Fsp3) is 0.319. The second kappa shape index (κ2) is 20.6. The van der Waals surface area contributed by atoms with E-state index in [-0.39, 0.29) is 51.0 Å². The summed E-state index contributed by atoms with van der Waals surface area (Å²) in [5.41, 5.74) is 11.4. The van der Waals surface area contributed by atoms with E-state index in [1.165, 1.54) is 106 Å². The Morgan fingerprint density at radius 2 is 0.880 bits per heavy atom. The SMILES string of the molecule is CCc1ccc(-c2cccc3[cH-]c(C4CCCC4)cc23)cc1.CCc1ccc(-c2cccc3[cH-]c(C4CCCC4)cc23)cc1.[CH2-]C[CH2-].[Cl-].[Cl-].[Zr+2]. The minimum absolute atomic E-state index is 0. The van der Waals surface area contributed by atoms with Crippen molar-refractivity contribution >= 4 is 21.5 Å². The van der Waals surface area contributed by atoms with Gasteiger partial charge in [0.1, 0.15) is 0 Å². The zero-order chi connectivity index (χ0) is 32.6. The molecule has 0 nitrogen and oxygen atoms in total. The van der Waals surface area contributed by atoms with Crippen LogP contribution in [0.5, 0.6) is 0 Å². The van der Waals surface area contributed by atoms with Crippen molar-refractivity contribution < 1.29 is 51.0 Å². The number of benzene rings is 4. The van der Waals surface area contributed by atoms with Crippen LogP contribution in [0, 0.1) is 13.8 Å². The summed E-state index contributed by atoms with van der Waals surface area (Å²) in [5.74, 6) is 1.59. The fourth-order valence-electron chi connectivity index (χ4n) is 7.85. The van der Waals surface area contributed by atoms with Gasteiger partial charge in [-0.05, 0) is 72.6 Å². The summed E-state index contributed by atoms with van der Waals surface area (Å²) in [6, 6.07) is 41.3. The molecule has 8 rings (SSSR count). The van der Waals surface area contributed by atoms with E-state index in [0.29, 0.717) is 0 Å². The summed E-state index contributed by atoms with van der Waals surface area (Å²) in [5, 5.41) is 5.65. The van der Waals surface area contributed by atoms with E-state index < -0.39 is 0 Å². The summed E-state index contributed by atoms with van der Waals surface area (Å²) in [4.78, 5) is 0. The van der Waals surface area contributed by atoms with Gasteiger partial charge < -0.3 is 45.1 Å². The smallest absolute Gasteiger partial charge is 1.00 e. The minimum atomic E-state index is 0. The van der Waals surface area contributed by atoms with Crippen molar-refractivity contribution in [2.24, 2.45) is 0 Å². The molecule has 0 aromatic heterocycles. The molecule has 2 aliphatic rings. The van der Waals surface area contributed by atoms with Crippen molar-refractivity contribution in [2.45, 2.75) is 96.3 Å². The average Bonchev–Trinajstić information content (AvgIpc) is 3.95. The van der Waals surface area contributed by atoms with E-state index in [4.69, 9.17) is 0 Å². The van der Waals surface area contributed by atoms with Crippen LogP contribution in [0.4, 0.5) is 0 Å². The molecule has 0 heterocycles. The number of hydrogen-bond donors (Lipinski definition) is 0. The van der Waals surface area contributed by atoms with Crippen molar-refractivity contribution in [1.82, 2.24) is 0 Å². The normalized spacial score (nSPS) is 14.2. The molecule has 2 aliphatic carbocycles. The van der Waals surface area contributed by atoms with Crippen LogP contribution >= 0.6 is 0 Å². The second-order valence-electron chi connectivity index (χ2n) is 13.6. The van der Waals surface area contributed by atoms with Gasteiger partial charge in [0.05, 0.1) is 0 Å². The number of halogens is 2. The summed E-state index contributed by atoms with van der Waals surface area (Å²) in [6.45, 7) is 11.2. The van der Waals surface area contributed by atoms with Crippen LogP contribution in [-0.4, -0.2) is 0 Å². The van der Waals surface area contributed by atoms with Crippen LogP contribution in [0.15, 0.2) is 109 Å². The standard InChI is InChI=1S/2C22H23.C3H6.2ClH.Zr/c2*1-2-16-10-12-18(13-11-16)21-9-5-8-19-14-20(15-22(19)21)17-6-3-4-7-17;1-3-2;;;/h2*5,8-15,17H,2-4,6-7H2,1H3;1-3H2;2*1H;/q2*-1;-2;;;+2/p-2. The maximum Gasteiger partial charge on any atom is 2.00 e. The molecule has 3 heteroatoms. The summed E-state index contributed by atoms with van der Waals surface area (Å²) < 4.78 is 0. The monoisotopic (exact) mass is 776 g/mol. The molecule has 50 heavy (non-hydrogen) atoms. The van der Waals surface area contributed by atoms with Crippen molar-refractivity contribution in [3.05, 3.63) is 145 Å². The van der Waals surface area contributed by atoms with Gasteiger partial charge in [0.15, 0.2) is 0 Å². The van der Waals surface area contributed by atoms with E-state index in [1.54, 1.807) is 11.1 Å². The van der Waals surface area contributed by atoms with Crippen LogP contribution in [0.3, 0.4) is 0 Å². The molecule has 0 saturated heterocycles. The predicted octanol–water partition coefficient (Wildman–Crippen LogP) is 7.94. The predicted molar refractivity (Wildman–Crippen MR) is 206 cm³/mol. The van der Waals surface area contributed by atoms with E-state index >= 15 is 0 Å². The molecular formula is C47H52Cl2Zr-4. The Morgan fingerprint density at radius 3 is 1.20 bits per heavy atom. The molecule has 6 aromatic carbocycles. The fourth-order valence-corrected chi connectivity index (χ4v) is 7.85. The number of rotatable bonds is 6. The van der Waals surface area contributed by atoms with Gasteiger partial charge in [0.2, 0.25) is 0 Å². The Morgan fingerprint density at radius 1 is 0.540 bits per heavy atom. The second-order valence-corrected chi connectivity index (χ2v) is 13.6. The molecule has 262 valence electrons. The van der Waals surface area contributed by atoms with Crippen molar-refractivity contribution in [1.29, 1.82) is 0 Å². The molecule has 2 fully saturated rings. The Bertz CT molecular complexity index is 1710. The van der Waals surface area contributed by atoms with E-state index in [9.17, 15) is 0 Å². The molecular weight excluding hydrogens is 727 g/mol. The molecule has 0 bridgehead atoms. The van der Waals surface area contributed by atoms with Gasteiger partial charge in [-0.25, -0.2) is 0 Å². The Balaban J connectivity index is 0.000000238. The molecule has 0 amide bonds. The topological polar surface area (TPSA) is 0 Å². The third kappa shape index (κ3) is 9.91. The third-order valence-corrected chi connectivity index (χ3v) is 10.5. The third-order valence-electron chi connectivity index (χ3n) is 10.5. The first kappa shape index (κ1) is 42.0. The van der Waals surface area contributed by atoms with E-state index in [1.807, 2.05) is 0 Å². The summed E-state index contributed by atoms with van der Waals surface area (Å²) in [7, 11) is 0. The van der Waals surface area contributed by atoms with Crippen molar-refractivity contribution in [3.63, 3.8) is 0 Å². The summed E-state index contributed by atoms with van der Waals surface area (Å²) >= 11 is 0. The van der Waals surface area contributed by atoms with Crippen LogP contribution in [0.2, 0.25) is 0 Å². The quantitative estimate of drug-likeness (QED) is 0.151. The zero-order valence-corrected chi connectivity index (χ0v) is 34.0. The van der Waals surface area contributed by atoms with Gasteiger partial charge in [-0.15, -0.1) is 69.1 Å². The van der Waals surface area contributed by atoms with Crippen molar-refractivity contribution in [2.75, 3.05) is 0 Å². The van der Waals surface area contributed by atoms with Gasteiger partial charge in [-0.2, -0.15) is 12.1 Å². The first-order valence-corrected chi connectivity index (χ1v) is 18.3. The van der Waals surface area contributed by atoms with Crippen LogP contribution in [0.1, 0.15) is 106 Å². The van der Waals surface area contributed by atoms with Gasteiger partial charge in [0, 0.05) is 0 Å². The Kier molecular flexibility index (Phi) is 17.3. The van der Waals surface area contributed by atoms with Crippen LogP contribution < -0.4 is 24.8 Å². The van der Waals surface area contributed by atoms with E-state index in [0.717, 1.165) is 31.1 Å². The van der Waals surface area contributed by atoms with Crippen LogP contribution in [-0.2, 0) is 39.0 Å². The van der Waals surface area contributed by atoms with Crippen molar-refractivity contribution in [3.8, 4) is 22.3 Å². The Hall–Kier alpha value is -2.44. The van der Waals surface area contributed by atoms with Gasteiger partial charge >= 0.3 is 26.2 Å². The molecule has 0 aliphatic heterocycles. The molecule has 0 spiro atoms. The number of hydrogen-bond acceptors (Lipinski definition) is 0. The van der Waals surface area contributed by atoms with Gasteiger partial charge in [-0.1, -0.05) is 111 Å². The van der Waals surface area contributed by atoms with Crippen LogP contribution in [0.25, 0.3) is 43.8 Å². The molecule has 0 atom stereocenters. The minimum Gasteiger partial charge on any atom is -1.00 e. The first-order valence-electron chi connectivity index (χ1n) is 18.3. The molecule has 0 unspecified atom stereocenters. The average molecular weight is 779 g/mol. The largest absolute Gasteiger partial charge is 2.00 e. The molecule has 0 N–H and O–H groups in total. The molecule has 2 saturated carbocycles. The summed E-state index contributed by atoms with van der Waals surface area (Å²) in [6.07, 6.45) is 14.0. The Labute approximate surface area is 334 Å². The number of fused-ring (bicyclic) bond motifs is 2. The van der Waals surface area contributed by atoms with Gasteiger partial charge in [-0.3, -0.25) is 0 Å². The molecule has 0 radical (unpaired) electrons. The van der Waals surface area contributed by atoms with E-state index in [2.05, 4.69) is 137 Å².